The van der Waals surface area contributed by atoms with Gasteiger partial charge in [0.15, 0.2) is 0 Å². The SMILES string of the molecule is CC(=O)C(C)(C)C(C)C.CC(C)(C)n1ccc(-c2ccccc2)n1.CC(C)CCC(C)(C)C.CC(C)CCc1ccccc1.CC(C)COc1ccn(C(C)(C)C)n1.CC(C)Cc1ccccc1.CC(C)Oc1cccc(C(C)C)c1.CC(C)c1cccc(CN2CCCCC2)c1.CC(C)c1cccc(N(C)C)c1.CC(C)c1cnc(C(C)C)nc1.CCOc1cccc(C(C)C)c1.CCc1cccc(C(C)C)c1. The molecular weight excluding hydrogens is 1760 g/mol. The number of ketones is 1. The monoisotopic (exact) mass is 1970 g/mol. The minimum atomic E-state index is -0.139. The number of piperidine rings is 1. The molecule has 12 heteroatoms. The Morgan fingerprint density at radius 1 is 0.396 bits per heavy atom. The molecule has 0 N–H and O–H groups in total. The second-order valence-corrected chi connectivity index (χ2v) is 47.0. The van der Waals surface area contributed by atoms with Crippen molar-refractivity contribution < 1.29 is 19.0 Å². The lowest BCUT2D eigenvalue weighted by Gasteiger charge is -2.26. The summed E-state index contributed by atoms with van der Waals surface area (Å²) in [5, 5.41) is 8.92. The predicted molar refractivity (Wildman–Crippen MR) is 630 cm³/mol. The summed E-state index contributed by atoms with van der Waals surface area (Å²) in [7, 11) is 4.14. The number of aryl methyl sites for hydroxylation is 2. The quantitative estimate of drug-likeness (QED) is 0.0470. The first kappa shape index (κ1) is 132. The van der Waals surface area contributed by atoms with Gasteiger partial charge in [-0.05, 0) is 296 Å². The van der Waals surface area contributed by atoms with Crippen molar-refractivity contribution >= 4 is 11.5 Å². The average Bonchev–Trinajstić information content (AvgIpc) is 1.69. The number of benzene rings is 8. The first-order chi connectivity index (χ1) is 67.4. The van der Waals surface area contributed by atoms with Crippen LogP contribution in [0.15, 0.2) is 249 Å². The molecule has 12 rings (SSSR count). The van der Waals surface area contributed by atoms with Crippen molar-refractivity contribution in [3.8, 4) is 28.6 Å². The molecule has 0 unspecified atom stereocenters. The molecule has 4 heterocycles. The number of hydrogen-bond acceptors (Lipinski definition) is 10. The summed E-state index contributed by atoms with van der Waals surface area (Å²) in [4.78, 5) is 24.2. The highest BCUT2D eigenvalue weighted by Gasteiger charge is 2.27. The molecule has 1 saturated heterocycles. The van der Waals surface area contributed by atoms with E-state index in [0.717, 1.165) is 67.0 Å². The van der Waals surface area contributed by atoms with Crippen LogP contribution in [-0.2, 0) is 41.7 Å². The van der Waals surface area contributed by atoms with Crippen LogP contribution in [0.25, 0.3) is 11.3 Å². The number of carbonyl (C=O) groups excluding carboxylic acids is 1. The topological polar surface area (TPSA) is 113 Å². The van der Waals surface area contributed by atoms with E-state index in [0.29, 0.717) is 64.6 Å². The summed E-state index contributed by atoms with van der Waals surface area (Å²) in [5.74, 6) is 11.3. The van der Waals surface area contributed by atoms with Gasteiger partial charge < -0.3 is 19.1 Å². The zero-order chi connectivity index (χ0) is 109. The van der Waals surface area contributed by atoms with Gasteiger partial charge in [-0.1, -0.05) is 396 Å². The summed E-state index contributed by atoms with van der Waals surface area (Å²) in [6.45, 7) is 91.4. The summed E-state index contributed by atoms with van der Waals surface area (Å²) >= 11 is 0. The molecule has 0 radical (unpaired) electrons. The van der Waals surface area contributed by atoms with Crippen LogP contribution in [0.1, 0.15) is 418 Å². The largest absolute Gasteiger partial charge is 0.494 e. The van der Waals surface area contributed by atoms with E-state index in [2.05, 4.69) is 455 Å². The van der Waals surface area contributed by atoms with Crippen molar-refractivity contribution in [2.24, 2.45) is 40.4 Å². The van der Waals surface area contributed by atoms with E-state index in [1.54, 1.807) is 6.92 Å². The van der Waals surface area contributed by atoms with E-state index in [-0.39, 0.29) is 28.4 Å². The van der Waals surface area contributed by atoms with Gasteiger partial charge in [0.2, 0.25) is 5.88 Å². The fourth-order valence-electron chi connectivity index (χ4n) is 13.8. The highest BCUT2D eigenvalue weighted by molar-refractivity contribution is 5.81. The Morgan fingerprint density at radius 3 is 1.20 bits per heavy atom. The van der Waals surface area contributed by atoms with Gasteiger partial charge in [-0.3, -0.25) is 19.1 Å². The number of nitrogens with zero attached hydrogens (tertiary/aromatic N) is 8. The van der Waals surface area contributed by atoms with Gasteiger partial charge in [0.1, 0.15) is 23.1 Å². The highest BCUT2D eigenvalue weighted by Crippen LogP contribution is 2.30. The maximum absolute atomic E-state index is 10.9. The van der Waals surface area contributed by atoms with E-state index in [9.17, 15) is 4.79 Å². The number of aromatic nitrogens is 6. The third-order valence-electron chi connectivity index (χ3n) is 24.5. The first-order valence-corrected chi connectivity index (χ1v) is 54.8. The van der Waals surface area contributed by atoms with Crippen LogP contribution in [0.5, 0.6) is 17.4 Å². The zero-order valence-electron chi connectivity index (χ0n) is 99.3. The standard InChI is InChI=1S/C15H23N.C13H16N2.C12H18O.C11H20N2O.C11H17N.C11H16O.2C11H16.C10H16N2.C10H14.C9H20.C8H16O/c1-13(2)15-8-6-7-14(11-15)12-16-9-4-3-5-10-16;1-13(2,3)15-10-9-12(14-15)11-7-5-4-6-8-11;1-9(2)11-6-5-7-12(8-11)13-10(3)4;1-9(2)8-14-10-6-7-13(12-10)11(3,4)5;1-9(2)10-6-5-7-11(8-10)12(3)4;1-4-12-11-7-5-6-10(8-11)9(2)3;1-10(2)8-9-11-6-4-3-5-7-11;1-4-10-6-5-7-11(8-10)9(2)3;1-7(2)9-5-11-10(8(3)4)12-6-9;1-9(2)8-10-6-4-3-5-7-10;1-8(2)6-7-9(3,4)5;1-6(2)8(4,5)7(3)9/h6-8,11,13H,3-5,9-10,12H2,1-2H3;4-10H,1-3H3;5-10H,1-4H3;6-7,9H,8H2,1-5H3;5-9H,1-4H3;5-9H,4H2,1-3H3;3-7,10H,8-9H2,1-2H3;5-9H,4H2,1-3H3;5-8H,1-4H3;3-7,9H,8H2,1-2H3;8H,6-7H2,1-5H3;6H,1-5H3. The van der Waals surface area contributed by atoms with E-state index in [1.165, 1.54) is 131 Å². The van der Waals surface area contributed by atoms with Gasteiger partial charge in [-0.2, -0.15) is 5.10 Å². The fraction of sp³-hybridized carbons (Fsp3) is 0.553. The zero-order valence-corrected chi connectivity index (χ0v) is 99.3. The third kappa shape index (κ3) is 60.9. The third-order valence-corrected chi connectivity index (χ3v) is 24.5. The van der Waals surface area contributed by atoms with E-state index >= 15 is 0 Å². The van der Waals surface area contributed by atoms with Crippen LogP contribution in [0.2, 0.25) is 0 Å². The van der Waals surface area contributed by atoms with E-state index in [1.807, 2.05) is 117 Å². The van der Waals surface area contributed by atoms with Gasteiger partial charge in [0.25, 0.3) is 0 Å². The molecule has 1 fully saturated rings. The van der Waals surface area contributed by atoms with Crippen LogP contribution in [0.3, 0.4) is 0 Å². The van der Waals surface area contributed by atoms with Gasteiger partial charge in [-0.15, -0.1) is 5.10 Å². The Hall–Kier alpha value is -9.91. The molecule has 0 atom stereocenters. The molecule has 0 aliphatic carbocycles. The Kier molecular flexibility index (Phi) is 65.0. The summed E-state index contributed by atoms with van der Waals surface area (Å²) in [6.07, 6.45) is 19.8. The van der Waals surface area contributed by atoms with Crippen molar-refractivity contribution in [2.45, 2.75) is 400 Å². The lowest BCUT2D eigenvalue weighted by atomic mass is 9.78. The molecule has 1 aliphatic rings. The highest BCUT2D eigenvalue weighted by atomic mass is 16.5. The minimum Gasteiger partial charge on any atom is -0.494 e. The van der Waals surface area contributed by atoms with Gasteiger partial charge in [0, 0.05) is 74.1 Å². The Labute approximate surface area is 884 Å². The molecule has 1 aliphatic heterocycles. The molecule has 0 spiro atoms. The second-order valence-electron chi connectivity index (χ2n) is 47.0. The number of likely N-dealkylation sites (tertiary alicyclic amines) is 1. The number of carbonyl (C=O) groups is 1. The first-order valence-electron chi connectivity index (χ1n) is 54.8. The van der Waals surface area contributed by atoms with Gasteiger partial charge in [-0.25, -0.2) is 9.97 Å². The molecule has 0 bridgehead atoms. The van der Waals surface area contributed by atoms with Crippen LogP contribution < -0.4 is 19.1 Å². The lowest BCUT2D eigenvalue weighted by Crippen LogP contribution is -2.29. The Bertz CT molecular complexity index is 4990. The average molecular weight is 1970 g/mol. The molecule has 144 heavy (non-hydrogen) atoms. The Morgan fingerprint density at radius 2 is 0.812 bits per heavy atom. The summed E-state index contributed by atoms with van der Waals surface area (Å²) in [6, 6.07) is 78.7. The summed E-state index contributed by atoms with van der Waals surface area (Å²) < 4.78 is 20.4. The van der Waals surface area contributed by atoms with Gasteiger partial charge >= 0.3 is 0 Å². The van der Waals surface area contributed by atoms with E-state index in [4.69, 9.17) is 14.2 Å². The Balaban J connectivity index is 0.000000788. The molecule has 3 aromatic heterocycles. The second kappa shape index (κ2) is 70.8. The van der Waals surface area contributed by atoms with Crippen LogP contribution in [-0.4, -0.2) is 86.7 Å². The van der Waals surface area contributed by atoms with Crippen LogP contribution >= 0.6 is 0 Å². The molecule has 800 valence electrons. The molecule has 12 nitrogen and oxygen atoms in total. The van der Waals surface area contributed by atoms with Crippen molar-refractivity contribution in [1.82, 2.24) is 34.4 Å². The van der Waals surface area contributed by atoms with Crippen LogP contribution in [0, 0.1) is 40.4 Å². The normalized spacial score (nSPS) is 11.9. The van der Waals surface area contributed by atoms with Crippen molar-refractivity contribution in [3.63, 3.8) is 0 Å². The van der Waals surface area contributed by atoms with Crippen molar-refractivity contribution in [2.75, 3.05) is 45.3 Å². The molecular formula is C132H208N8O4. The van der Waals surface area contributed by atoms with Gasteiger partial charge in [0.05, 0.1) is 36.1 Å². The maximum Gasteiger partial charge on any atom is 0.232 e. The molecule has 0 saturated carbocycles. The predicted octanol–water partition coefficient (Wildman–Crippen LogP) is 37.4. The maximum atomic E-state index is 10.9. The minimum absolute atomic E-state index is 0.0272. The van der Waals surface area contributed by atoms with Crippen LogP contribution in [0.4, 0.5) is 5.69 Å². The number of ether oxygens (including phenoxy) is 3. The lowest BCUT2D eigenvalue weighted by molar-refractivity contribution is -0.126. The smallest absolute Gasteiger partial charge is 0.232 e. The molecule has 11 aromatic rings. The number of anilines is 1. The molecule has 0 amide bonds. The number of hydrogen-bond donors (Lipinski definition) is 0. The van der Waals surface area contributed by atoms with E-state index < -0.39 is 0 Å². The van der Waals surface area contributed by atoms with Crippen molar-refractivity contribution in [1.29, 1.82) is 0 Å². The fourth-order valence-corrected chi connectivity index (χ4v) is 13.8. The summed E-state index contributed by atoms with van der Waals surface area (Å²) in [5.41, 5.74) is 18.0. The van der Waals surface area contributed by atoms with Crippen molar-refractivity contribution in [3.05, 3.63) is 311 Å². The number of Topliss-reactive ketones (excluding diaryl/α,β-unsaturated/α-hetero) is 1. The number of rotatable bonds is 28. The molecule has 8 aromatic carbocycles.